The van der Waals surface area contributed by atoms with Gasteiger partial charge in [-0.1, -0.05) is 83.8 Å². The summed E-state index contributed by atoms with van der Waals surface area (Å²) in [5.41, 5.74) is 0.264. The summed E-state index contributed by atoms with van der Waals surface area (Å²) in [5, 5.41) is 9.80. The average molecular weight is 414 g/mol. The van der Waals surface area contributed by atoms with Gasteiger partial charge in [-0.25, -0.2) is 4.79 Å². The van der Waals surface area contributed by atoms with Gasteiger partial charge in [0.25, 0.3) is 0 Å². The minimum Gasteiger partial charge on any atom is -0.507 e. The van der Waals surface area contributed by atoms with Crippen molar-refractivity contribution in [2.75, 3.05) is 0 Å². The second-order valence-corrected chi connectivity index (χ2v) is 6.95. The number of unbranched alkanes of at least 4 members (excludes halogenated alkanes) is 8. The first-order valence-electron chi connectivity index (χ1n) is 10.2. The first-order chi connectivity index (χ1) is 12.2. The molecule has 0 amide bonds. The fraction of sp³-hybridized carbons (Fsp3) is 0.682. The smallest absolute Gasteiger partial charge is 0.342 e. The number of phenolic OH excluding ortho intramolecular Hbond substituents is 1. The molecule has 0 bridgehead atoms. The molecule has 1 atom stereocenters. The molecule has 144 valence electrons. The molecular weight excluding hydrogens is 378 g/mol. The minimum atomic E-state index is -0.404. The number of phenols is 1. The van der Waals surface area contributed by atoms with Gasteiger partial charge in [0, 0.05) is 19.5 Å². The van der Waals surface area contributed by atoms with E-state index < -0.39 is 5.97 Å². The molecule has 0 aliphatic rings. The average Bonchev–Trinajstić information content (AvgIpc) is 2.61. The number of hydrogen-bond acceptors (Lipinski definition) is 3. The third-order valence-corrected chi connectivity index (χ3v) is 4.66. The van der Waals surface area contributed by atoms with Crippen LogP contribution in [0.4, 0.5) is 0 Å². The fourth-order valence-corrected chi connectivity index (χ4v) is 3.06. The number of esters is 1. The number of hydrogen-bond donors (Lipinski definition) is 1. The van der Waals surface area contributed by atoms with Crippen molar-refractivity contribution in [1.82, 2.24) is 0 Å². The van der Waals surface area contributed by atoms with Gasteiger partial charge in [-0.05, 0) is 31.4 Å². The van der Waals surface area contributed by atoms with Gasteiger partial charge in [-0.2, -0.15) is 0 Å². The maximum absolute atomic E-state index is 12.3. The van der Waals surface area contributed by atoms with Crippen molar-refractivity contribution in [3.8, 4) is 5.75 Å². The summed E-state index contributed by atoms with van der Waals surface area (Å²) in [5.74, 6) is -0.410. The zero-order valence-electron chi connectivity index (χ0n) is 16.8. The SMILES string of the molecule is CCCCCCCCCCC(CCCC)OC(=O)c1ccccc1O.[Zn]. The third kappa shape index (κ3) is 11.0. The number of ether oxygens (including phenoxy) is 1. The van der Waals surface area contributed by atoms with Crippen LogP contribution >= 0.6 is 0 Å². The van der Waals surface area contributed by atoms with Crippen molar-refractivity contribution in [1.29, 1.82) is 0 Å². The van der Waals surface area contributed by atoms with Crippen LogP contribution in [-0.2, 0) is 24.2 Å². The molecule has 1 unspecified atom stereocenters. The van der Waals surface area contributed by atoms with E-state index in [4.69, 9.17) is 4.74 Å². The van der Waals surface area contributed by atoms with Gasteiger partial charge in [0.15, 0.2) is 0 Å². The summed E-state index contributed by atoms with van der Waals surface area (Å²) < 4.78 is 5.68. The molecular formula is C22H36O3Zn. The molecule has 0 heterocycles. The summed E-state index contributed by atoms with van der Waals surface area (Å²) in [7, 11) is 0. The molecule has 0 saturated heterocycles. The van der Waals surface area contributed by atoms with Crippen LogP contribution < -0.4 is 0 Å². The molecule has 0 radical (unpaired) electrons. The van der Waals surface area contributed by atoms with Crippen molar-refractivity contribution in [3.63, 3.8) is 0 Å². The monoisotopic (exact) mass is 412 g/mol. The first-order valence-corrected chi connectivity index (χ1v) is 10.2. The van der Waals surface area contributed by atoms with Gasteiger partial charge >= 0.3 is 5.97 Å². The second kappa shape index (κ2) is 16.3. The molecule has 0 aliphatic carbocycles. The van der Waals surface area contributed by atoms with E-state index in [1.54, 1.807) is 18.2 Å². The number of aromatic hydroxyl groups is 1. The Morgan fingerprint density at radius 3 is 2.04 bits per heavy atom. The van der Waals surface area contributed by atoms with Crippen molar-refractivity contribution < 1.29 is 34.1 Å². The summed E-state index contributed by atoms with van der Waals surface area (Å²) in [6.07, 6.45) is 14.2. The van der Waals surface area contributed by atoms with E-state index >= 15 is 0 Å². The standard InChI is InChI=1S/C22H36O3.Zn/c1-3-5-7-8-9-10-11-12-16-19(15-6-4-2)25-22(24)20-17-13-14-18-21(20)23;/h13-14,17-19,23H,3-12,15-16H2,1-2H3;. The molecule has 0 spiro atoms. The molecule has 3 nitrogen and oxygen atoms in total. The van der Waals surface area contributed by atoms with Crippen LogP contribution in [0.3, 0.4) is 0 Å². The van der Waals surface area contributed by atoms with Gasteiger partial charge in [0.1, 0.15) is 17.4 Å². The molecule has 1 aromatic carbocycles. The quantitative estimate of drug-likeness (QED) is 0.211. The largest absolute Gasteiger partial charge is 0.507 e. The molecule has 0 aromatic heterocycles. The molecule has 1 N–H and O–H groups in total. The van der Waals surface area contributed by atoms with Crippen molar-refractivity contribution in [2.24, 2.45) is 0 Å². The van der Waals surface area contributed by atoms with Gasteiger partial charge in [0.2, 0.25) is 0 Å². The molecule has 4 heteroatoms. The van der Waals surface area contributed by atoms with E-state index in [-0.39, 0.29) is 36.9 Å². The number of rotatable bonds is 14. The Labute approximate surface area is 172 Å². The molecule has 0 fully saturated rings. The van der Waals surface area contributed by atoms with Crippen molar-refractivity contribution in [2.45, 2.75) is 97.0 Å². The first kappa shape index (κ1) is 25.1. The van der Waals surface area contributed by atoms with Crippen molar-refractivity contribution in [3.05, 3.63) is 29.8 Å². The van der Waals surface area contributed by atoms with Crippen LogP contribution in [0.2, 0.25) is 0 Å². The number of carbonyl (C=O) groups is 1. The number of carbonyl (C=O) groups excluding carboxylic acids is 1. The minimum absolute atomic E-state index is 0. The molecule has 1 aromatic rings. The van der Waals surface area contributed by atoms with Gasteiger partial charge in [-0.3, -0.25) is 0 Å². The molecule has 0 aliphatic heterocycles. The van der Waals surface area contributed by atoms with Crippen LogP contribution in [0.25, 0.3) is 0 Å². The molecule has 0 saturated carbocycles. The van der Waals surface area contributed by atoms with Gasteiger partial charge < -0.3 is 9.84 Å². The maximum atomic E-state index is 12.3. The third-order valence-electron chi connectivity index (χ3n) is 4.66. The van der Waals surface area contributed by atoms with E-state index in [0.717, 1.165) is 32.1 Å². The summed E-state index contributed by atoms with van der Waals surface area (Å²) in [6.45, 7) is 4.39. The predicted molar refractivity (Wildman–Crippen MR) is 104 cm³/mol. The van der Waals surface area contributed by atoms with E-state index in [1.807, 2.05) is 0 Å². The summed E-state index contributed by atoms with van der Waals surface area (Å²) >= 11 is 0. The maximum Gasteiger partial charge on any atom is 0.342 e. The Hall–Kier alpha value is -0.887. The predicted octanol–water partition coefficient (Wildman–Crippen LogP) is 6.64. The summed E-state index contributed by atoms with van der Waals surface area (Å²) in [4.78, 5) is 12.3. The van der Waals surface area contributed by atoms with Crippen molar-refractivity contribution >= 4 is 5.97 Å². The van der Waals surface area contributed by atoms with Crippen LogP contribution in [0.15, 0.2) is 24.3 Å². The Balaban J connectivity index is 0.00000625. The number of para-hydroxylation sites is 1. The Morgan fingerprint density at radius 2 is 1.42 bits per heavy atom. The Kier molecular flexibility index (Phi) is 15.7. The molecule has 1 rings (SSSR count). The zero-order chi connectivity index (χ0) is 18.3. The second-order valence-electron chi connectivity index (χ2n) is 6.95. The van der Waals surface area contributed by atoms with Crippen LogP contribution in [0.5, 0.6) is 5.75 Å². The number of benzene rings is 1. The fourth-order valence-electron chi connectivity index (χ4n) is 3.06. The zero-order valence-corrected chi connectivity index (χ0v) is 19.8. The van der Waals surface area contributed by atoms with Gasteiger partial charge in [-0.15, -0.1) is 0 Å². The molecule has 26 heavy (non-hydrogen) atoms. The van der Waals surface area contributed by atoms with E-state index in [1.165, 1.54) is 51.0 Å². The van der Waals surface area contributed by atoms with E-state index in [0.29, 0.717) is 0 Å². The van der Waals surface area contributed by atoms with Gasteiger partial charge in [0.05, 0.1) is 0 Å². The van der Waals surface area contributed by atoms with Crippen LogP contribution in [0.1, 0.15) is 101 Å². The van der Waals surface area contributed by atoms with E-state index in [2.05, 4.69) is 13.8 Å². The summed E-state index contributed by atoms with van der Waals surface area (Å²) in [6, 6.07) is 6.60. The normalized spacial score (nSPS) is 11.6. The van der Waals surface area contributed by atoms with Crippen LogP contribution in [0, 0.1) is 0 Å². The van der Waals surface area contributed by atoms with Crippen LogP contribution in [-0.4, -0.2) is 17.2 Å². The Bertz CT molecular complexity index is 476. The topological polar surface area (TPSA) is 46.5 Å². The Morgan fingerprint density at radius 1 is 0.885 bits per heavy atom. The van der Waals surface area contributed by atoms with E-state index in [9.17, 15) is 9.90 Å².